The molecule has 3 heteroatoms. The molecule has 0 N–H and O–H groups in total. The number of nitrogens with zero attached hydrogens (tertiary/aromatic N) is 1. The van der Waals surface area contributed by atoms with Crippen LogP contribution in [0.4, 0.5) is 5.69 Å². The standard InChI is InChI=1S/C20H21NO2/c1-13-4-7-16(8-5-13)17-11-19(22)21(20(23)12-17)18-9-6-14(2)15(3)10-18/h4-10,17H,11-12H2,1-3H3. The molecule has 3 nitrogen and oxygen atoms in total. The van der Waals surface area contributed by atoms with E-state index in [4.69, 9.17) is 0 Å². The Morgan fingerprint density at radius 2 is 1.43 bits per heavy atom. The molecule has 0 aliphatic carbocycles. The number of carbonyl (C=O) groups excluding carboxylic acids is 2. The highest BCUT2D eigenvalue weighted by Crippen LogP contribution is 2.32. The Labute approximate surface area is 136 Å². The fourth-order valence-corrected chi connectivity index (χ4v) is 3.04. The predicted octanol–water partition coefficient (Wildman–Crippen LogP) is 4.05. The largest absolute Gasteiger partial charge is 0.274 e. The third kappa shape index (κ3) is 3.04. The van der Waals surface area contributed by atoms with E-state index in [1.807, 2.05) is 63.2 Å². The van der Waals surface area contributed by atoms with Gasteiger partial charge in [-0.25, -0.2) is 0 Å². The number of benzene rings is 2. The lowest BCUT2D eigenvalue weighted by molar-refractivity contribution is -0.129. The molecule has 118 valence electrons. The summed E-state index contributed by atoms with van der Waals surface area (Å²) < 4.78 is 0. The Kier molecular flexibility index (Phi) is 4.03. The summed E-state index contributed by atoms with van der Waals surface area (Å²) >= 11 is 0. The molecule has 1 saturated heterocycles. The smallest absolute Gasteiger partial charge is 0.234 e. The Bertz CT molecular complexity index is 744. The van der Waals surface area contributed by atoms with Gasteiger partial charge in [0.2, 0.25) is 11.8 Å². The zero-order valence-corrected chi connectivity index (χ0v) is 13.8. The summed E-state index contributed by atoms with van der Waals surface area (Å²) in [6, 6.07) is 13.8. The van der Waals surface area contributed by atoms with Gasteiger partial charge >= 0.3 is 0 Å². The van der Waals surface area contributed by atoms with Crippen LogP contribution in [0.1, 0.15) is 41.0 Å². The number of imide groups is 1. The van der Waals surface area contributed by atoms with Crippen molar-refractivity contribution in [2.45, 2.75) is 39.5 Å². The quantitative estimate of drug-likeness (QED) is 0.785. The van der Waals surface area contributed by atoms with Gasteiger partial charge in [-0.1, -0.05) is 35.9 Å². The first-order chi connectivity index (χ1) is 11.0. The molecule has 1 heterocycles. The Hall–Kier alpha value is -2.42. The van der Waals surface area contributed by atoms with Gasteiger partial charge in [0.1, 0.15) is 0 Å². The van der Waals surface area contributed by atoms with Crippen LogP contribution in [0.5, 0.6) is 0 Å². The number of rotatable bonds is 2. The molecular formula is C20H21NO2. The SMILES string of the molecule is Cc1ccc(C2CC(=O)N(c3ccc(C)c(C)c3)C(=O)C2)cc1. The van der Waals surface area contributed by atoms with E-state index in [9.17, 15) is 9.59 Å². The van der Waals surface area contributed by atoms with Crippen LogP contribution in [0.25, 0.3) is 0 Å². The number of carbonyl (C=O) groups is 2. The lowest BCUT2D eigenvalue weighted by Crippen LogP contribution is -2.42. The van der Waals surface area contributed by atoms with E-state index in [1.54, 1.807) is 0 Å². The maximum absolute atomic E-state index is 12.6. The Balaban J connectivity index is 1.85. The molecule has 0 unspecified atom stereocenters. The Morgan fingerprint density at radius 3 is 2.00 bits per heavy atom. The summed E-state index contributed by atoms with van der Waals surface area (Å²) in [7, 11) is 0. The van der Waals surface area contributed by atoms with E-state index in [1.165, 1.54) is 10.5 Å². The van der Waals surface area contributed by atoms with Crippen LogP contribution in [-0.4, -0.2) is 11.8 Å². The minimum absolute atomic E-state index is 0.0154. The summed E-state index contributed by atoms with van der Waals surface area (Å²) in [5.74, 6) is -0.247. The average molecular weight is 307 g/mol. The fraction of sp³-hybridized carbons (Fsp3) is 0.300. The van der Waals surface area contributed by atoms with E-state index in [-0.39, 0.29) is 17.7 Å². The number of aryl methyl sites for hydroxylation is 3. The number of hydrogen-bond acceptors (Lipinski definition) is 2. The van der Waals surface area contributed by atoms with Gasteiger partial charge in [-0.3, -0.25) is 14.5 Å². The van der Waals surface area contributed by atoms with Crippen molar-refractivity contribution in [3.05, 3.63) is 64.7 Å². The number of piperidine rings is 1. The first-order valence-corrected chi connectivity index (χ1v) is 7.95. The van der Waals surface area contributed by atoms with Gasteiger partial charge in [0, 0.05) is 18.8 Å². The van der Waals surface area contributed by atoms with Crippen molar-refractivity contribution in [2.75, 3.05) is 4.90 Å². The fourth-order valence-electron chi connectivity index (χ4n) is 3.04. The van der Waals surface area contributed by atoms with Crippen molar-refractivity contribution in [3.8, 4) is 0 Å². The van der Waals surface area contributed by atoms with Crippen LogP contribution in [0.15, 0.2) is 42.5 Å². The van der Waals surface area contributed by atoms with Crippen LogP contribution < -0.4 is 4.90 Å². The van der Waals surface area contributed by atoms with Crippen LogP contribution in [0, 0.1) is 20.8 Å². The van der Waals surface area contributed by atoms with Crippen LogP contribution in [-0.2, 0) is 9.59 Å². The normalized spacial score (nSPS) is 16.0. The Morgan fingerprint density at radius 1 is 0.826 bits per heavy atom. The number of anilines is 1. The van der Waals surface area contributed by atoms with Gasteiger partial charge in [-0.05, 0) is 49.6 Å². The lowest BCUT2D eigenvalue weighted by atomic mass is 9.88. The van der Waals surface area contributed by atoms with Gasteiger partial charge in [0.15, 0.2) is 0 Å². The average Bonchev–Trinajstić information content (AvgIpc) is 2.51. The topological polar surface area (TPSA) is 37.4 Å². The molecule has 1 fully saturated rings. The number of hydrogen-bond donors (Lipinski definition) is 0. The summed E-state index contributed by atoms with van der Waals surface area (Å²) in [6.07, 6.45) is 0.753. The maximum atomic E-state index is 12.6. The molecule has 2 aromatic carbocycles. The highest BCUT2D eigenvalue weighted by Gasteiger charge is 2.34. The summed E-state index contributed by atoms with van der Waals surface area (Å²) in [4.78, 5) is 26.5. The molecule has 0 saturated carbocycles. The van der Waals surface area contributed by atoms with Crippen molar-refractivity contribution in [1.82, 2.24) is 0 Å². The predicted molar refractivity (Wildman–Crippen MR) is 91.6 cm³/mol. The second-order valence-corrected chi connectivity index (χ2v) is 6.41. The molecule has 2 amide bonds. The van der Waals surface area contributed by atoms with Crippen molar-refractivity contribution in [2.24, 2.45) is 0 Å². The third-order valence-corrected chi connectivity index (χ3v) is 4.64. The van der Waals surface area contributed by atoms with E-state index < -0.39 is 0 Å². The first kappa shape index (κ1) is 15.5. The molecule has 1 aliphatic rings. The van der Waals surface area contributed by atoms with Gasteiger partial charge in [-0.2, -0.15) is 0 Å². The third-order valence-electron chi connectivity index (χ3n) is 4.64. The van der Waals surface area contributed by atoms with Crippen LogP contribution >= 0.6 is 0 Å². The van der Waals surface area contributed by atoms with E-state index in [0.717, 1.165) is 16.7 Å². The van der Waals surface area contributed by atoms with Gasteiger partial charge in [0.25, 0.3) is 0 Å². The van der Waals surface area contributed by atoms with Crippen molar-refractivity contribution in [1.29, 1.82) is 0 Å². The van der Waals surface area contributed by atoms with Gasteiger partial charge in [-0.15, -0.1) is 0 Å². The molecule has 3 rings (SSSR count). The zero-order chi connectivity index (χ0) is 16.6. The molecule has 0 aromatic heterocycles. The molecule has 0 radical (unpaired) electrons. The van der Waals surface area contributed by atoms with Crippen LogP contribution in [0.3, 0.4) is 0 Å². The van der Waals surface area contributed by atoms with Crippen molar-refractivity contribution < 1.29 is 9.59 Å². The van der Waals surface area contributed by atoms with Gasteiger partial charge < -0.3 is 0 Å². The summed E-state index contributed by atoms with van der Waals surface area (Å²) in [6.45, 7) is 6.04. The first-order valence-electron chi connectivity index (χ1n) is 7.95. The molecule has 0 bridgehead atoms. The molecule has 0 atom stereocenters. The van der Waals surface area contributed by atoms with Crippen molar-refractivity contribution in [3.63, 3.8) is 0 Å². The highest BCUT2D eigenvalue weighted by atomic mass is 16.2. The maximum Gasteiger partial charge on any atom is 0.234 e. The van der Waals surface area contributed by atoms with E-state index in [0.29, 0.717) is 18.5 Å². The summed E-state index contributed by atoms with van der Waals surface area (Å²) in [5, 5.41) is 0. The number of amides is 2. The minimum atomic E-state index is -0.116. The second-order valence-electron chi connectivity index (χ2n) is 6.41. The zero-order valence-electron chi connectivity index (χ0n) is 13.8. The minimum Gasteiger partial charge on any atom is -0.274 e. The molecule has 1 aliphatic heterocycles. The molecule has 0 spiro atoms. The van der Waals surface area contributed by atoms with Crippen molar-refractivity contribution >= 4 is 17.5 Å². The van der Waals surface area contributed by atoms with Crippen LogP contribution in [0.2, 0.25) is 0 Å². The highest BCUT2D eigenvalue weighted by molar-refractivity contribution is 6.17. The van der Waals surface area contributed by atoms with E-state index >= 15 is 0 Å². The molecule has 23 heavy (non-hydrogen) atoms. The van der Waals surface area contributed by atoms with E-state index in [2.05, 4.69) is 0 Å². The lowest BCUT2D eigenvalue weighted by Gasteiger charge is -2.30. The summed E-state index contributed by atoms with van der Waals surface area (Å²) in [5.41, 5.74) is 5.17. The monoisotopic (exact) mass is 307 g/mol. The van der Waals surface area contributed by atoms with Gasteiger partial charge in [0.05, 0.1) is 5.69 Å². The molecular weight excluding hydrogens is 286 g/mol. The second kappa shape index (κ2) is 5.99. The molecule has 2 aromatic rings.